The lowest BCUT2D eigenvalue weighted by Gasteiger charge is -2.04. The Morgan fingerprint density at radius 2 is 1.97 bits per heavy atom. The summed E-state index contributed by atoms with van der Waals surface area (Å²) in [6.45, 7) is 2.20. The molecule has 0 saturated heterocycles. The van der Waals surface area contributed by atoms with E-state index in [1.807, 2.05) is 29.7 Å². The summed E-state index contributed by atoms with van der Waals surface area (Å²) in [5.41, 5.74) is 1.90. The van der Waals surface area contributed by atoms with Gasteiger partial charge in [-0.3, -0.25) is 4.79 Å². The van der Waals surface area contributed by atoms with Gasteiger partial charge < -0.3 is 4.57 Å². The predicted molar refractivity (Wildman–Crippen MR) is 119 cm³/mol. The molecule has 2 aromatic carbocycles. The molecule has 0 aliphatic rings. The molecule has 0 spiro atoms. The number of halogens is 1. The molecule has 29 heavy (non-hydrogen) atoms. The molecular formula is C21H19BrN2O3S2. The van der Waals surface area contributed by atoms with Crippen LogP contribution < -0.4 is 4.80 Å². The fourth-order valence-corrected chi connectivity index (χ4v) is 5.73. The number of sulfone groups is 1. The quantitative estimate of drug-likeness (QED) is 0.488. The smallest absolute Gasteiger partial charge is 0.248 e. The van der Waals surface area contributed by atoms with Gasteiger partial charge in [0.05, 0.1) is 27.4 Å². The maximum Gasteiger partial charge on any atom is 0.248 e. The van der Waals surface area contributed by atoms with Crippen molar-refractivity contribution in [1.82, 2.24) is 4.57 Å². The fraction of sp³-hybridized carbons (Fsp3) is 0.238. The molecule has 0 N–H and O–H groups in total. The minimum Gasteiger partial charge on any atom is -0.305 e. The van der Waals surface area contributed by atoms with Gasteiger partial charge in [0.2, 0.25) is 5.91 Å². The summed E-state index contributed by atoms with van der Waals surface area (Å²) in [6.07, 6.45) is 5.73. The van der Waals surface area contributed by atoms with Gasteiger partial charge in [-0.05, 0) is 43.7 Å². The van der Waals surface area contributed by atoms with E-state index in [0.717, 1.165) is 20.3 Å². The van der Waals surface area contributed by atoms with Crippen LogP contribution in [0.15, 0.2) is 56.8 Å². The number of rotatable bonds is 6. The molecule has 8 heteroatoms. The minimum absolute atomic E-state index is 0.0546. The van der Waals surface area contributed by atoms with E-state index < -0.39 is 9.84 Å². The van der Waals surface area contributed by atoms with Crippen molar-refractivity contribution in [3.8, 4) is 12.3 Å². The highest BCUT2D eigenvalue weighted by Crippen LogP contribution is 2.22. The van der Waals surface area contributed by atoms with Gasteiger partial charge in [0.15, 0.2) is 14.6 Å². The first-order valence-corrected chi connectivity index (χ1v) is 12.2. The summed E-state index contributed by atoms with van der Waals surface area (Å²) in [7, 11) is -3.42. The number of thiazole rings is 1. The van der Waals surface area contributed by atoms with E-state index in [1.165, 1.54) is 11.3 Å². The Kier molecular flexibility index (Phi) is 6.73. The number of hydrogen-bond donors (Lipinski definition) is 0. The molecule has 1 aromatic heterocycles. The highest BCUT2D eigenvalue weighted by molar-refractivity contribution is 9.10. The summed E-state index contributed by atoms with van der Waals surface area (Å²) < 4.78 is 28.5. The van der Waals surface area contributed by atoms with Crippen LogP contribution in [0.2, 0.25) is 0 Å². The van der Waals surface area contributed by atoms with Crippen LogP contribution in [0.3, 0.4) is 0 Å². The summed E-state index contributed by atoms with van der Waals surface area (Å²) >= 11 is 4.81. The molecule has 5 nitrogen and oxygen atoms in total. The van der Waals surface area contributed by atoms with Crippen LogP contribution in [0, 0.1) is 19.3 Å². The van der Waals surface area contributed by atoms with E-state index in [2.05, 4.69) is 26.8 Å². The zero-order valence-electron chi connectivity index (χ0n) is 15.8. The van der Waals surface area contributed by atoms with Crippen LogP contribution in [0.5, 0.6) is 0 Å². The molecule has 0 radical (unpaired) electrons. The Balaban J connectivity index is 1.75. The number of amides is 1. The zero-order valence-corrected chi connectivity index (χ0v) is 19.0. The lowest BCUT2D eigenvalue weighted by molar-refractivity contribution is -0.118. The van der Waals surface area contributed by atoms with Crippen LogP contribution >= 0.6 is 27.3 Å². The van der Waals surface area contributed by atoms with Crippen LogP contribution in [-0.2, 0) is 21.2 Å². The third-order valence-electron chi connectivity index (χ3n) is 4.30. The minimum atomic E-state index is -3.42. The van der Waals surface area contributed by atoms with Crippen molar-refractivity contribution >= 4 is 53.2 Å². The van der Waals surface area contributed by atoms with Crippen molar-refractivity contribution in [2.24, 2.45) is 4.99 Å². The van der Waals surface area contributed by atoms with Crippen molar-refractivity contribution in [1.29, 1.82) is 0 Å². The molecule has 150 valence electrons. The standard InChI is InChI=1S/C21H19BrN2O3S2/c1-3-12-24-18-11-8-16(22)14-19(18)28-21(24)23-20(25)5-4-13-29(26,27)17-9-6-15(2)7-10-17/h1,6-11,14H,4-5,12-13H2,2H3. The van der Waals surface area contributed by atoms with Gasteiger partial charge in [0.1, 0.15) is 0 Å². The number of carbonyl (C=O) groups is 1. The molecule has 1 amide bonds. The summed E-state index contributed by atoms with van der Waals surface area (Å²) in [5, 5.41) is 0. The molecule has 0 aliphatic carbocycles. The van der Waals surface area contributed by atoms with Gasteiger partial charge in [-0.15, -0.1) is 6.42 Å². The van der Waals surface area contributed by atoms with Crippen LogP contribution in [-0.4, -0.2) is 24.6 Å². The number of fused-ring (bicyclic) bond motifs is 1. The average molecular weight is 491 g/mol. The number of aromatic nitrogens is 1. The van der Waals surface area contributed by atoms with Crippen LogP contribution in [0.4, 0.5) is 0 Å². The average Bonchev–Trinajstić information content (AvgIpc) is 2.98. The highest BCUT2D eigenvalue weighted by Gasteiger charge is 2.15. The van der Waals surface area contributed by atoms with Crippen molar-refractivity contribution in [3.63, 3.8) is 0 Å². The van der Waals surface area contributed by atoms with E-state index >= 15 is 0 Å². The molecule has 0 bridgehead atoms. The van der Waals surface area contributed by atoms with Crippen molar-refractivity contribution in [3.05, 3.63) is 57.3 Å². The SMILES string of the molecule is C#CCn1c(=NC(=O)CCCS(=O)(=O)c2ccc(C)cc2)sc2cc(Br)ccc21. The van der Waals surface area contributed by atoms with Gasteiger partial charge in [0.25, 0.3) is 0 Å². The van der Waals surface area contributed by atoms with Gasteiger partial charge in [-0.1, -0.05) is 50.9 Å². The molecule has 0 aliphatic heterocycles. The zero-order chi connectivity index (χ0) is 21.0. The lowest BCUT2D eigenvalue weighted by Crippen LogP contribution is -2.16. The summed E-state index contributed by atoms with van der Waals surface area (Å²) in [5.74, 6) is 2.13. The molecule has 0 saturated carbocycles. The van der Waals surface area contributed by atoms with E-state index in [4.69, 9.17) is 6.42 Å². The second kappa shape index (κ2) is 9.08. The van der Waals surface area contributed by atoms with Gasteiger partial charge in [-0.2, -0.15) is 4.99 Å². The third-order valence-corrected chi connectivity index (χ3v) is 7.65. The van der Waals surface area contributed by atoms with Crippen molar-refractivity contribution in [2.75, 3.05) is 5.75 Å². The maximum atomic E-state index is 12.4. The monoisotopic (exact) mass is 490 g/mol. The molecule has 3 aromatic rings. The molecule has 3 rings (SSSR count). The number of nitrogens with zero attached hydrogens (tertiary/aromatic N) is 2. The Bertz CT molecular complexity index is 1260. The highest BCUT2D eigenvalue weighted by atomic mass is 79.9. The number of carbonyl (C=O) groups excluding carboxylic acids is 1. The third kappa shape index (κ3) is 5.24. The number of terminal acetylenes is 1. The van der Waals surface area contributed by atoms with Crippen molar-refractivity contribution in [2.45, 2.75) is 31.2 Å². The van der Waals surface area contributed by atoms with E-state index in [9.17, 15) is 13.2 Å². The molecule has 0 fully saturated rings. The Morgan fingerprint density at radius 3 is 2.66 bits per heavy atom. The number of benzene rings is 2. The fourth-order valence-electron chi connectivity index (χ4n) is 2.82. The molecule has 0 atom stereocenters. The Morgan fingerprint density at radius 1 is 1.24 bits per heavy atom. The number of hydrogen-bond acceptors (Lipinski definition) is 4. The van der Waals surface area contributed by atoms with Gasteiger partial charge >= 0.3 is 0 Å². The van der Waals surface area contributed by atoms with Gasteiger partial charge in [0, 0.05) is 10.9 Å². The summed E-state index contributed by atoms with van der Waals surface area (Å²) in [6, 6.07) is 12.5. The molecular weight excluding hydrogens is 472 g/mol. The largest absolute Gasteiger partial charge is 0.305 e. The van der Waals surface area contributed by atoms with Gasteiger partial charge in [-0.25, -0.2) is 8.42 Å². The van der Waals surface area contributed by atoms with Crippen molar-refractivity contribution < 1.29 is 13.2 Å². The molecule has 0 unspecified atom stereocenters. The first kappa shape index (κ1) is 21.5. The Hall–Kier alpha value is -2.21. The number of aryl methyl sites for hydroxylation is 1. The lowest BCUT2D eigenvalue weighted by atomic mass is 10.2. The topological polar surface area (TPSA) is 68.5 Å². The van der Waals surface area contributed by atoms with E-state index in [1.54, 1.807) is 24.3 Å². The summed E-state index contributed by atoms with van der Waals surface area (Å²) in [4.78, 5) is 17.3. The van der Waals surface area contributed by atoms with Crippen LogP contribution in [0.25, 0.3) is 10.2 Å². The first-order chi connectivity index (χ1) is 13.8. The predicted octanol–water partition coefficient (Wildman–Crippen LogP) is 4.09. The van der Waals surface area contributed by atoms with Crippen LogP contribution in [0.1, 0.15) is 18.4 Å². The van der Waals surface area contributed by atoms with E-state index in [0.29, 0.717) is 11.3 Å². The first-order valence-electron chi connectivity index (χ1n) is 8.89. The Labute approximate surface area is 182 Å². The maximum absolute atomic E-state index is 12.4. The normalized spacial score (nSPS) is 12.2. The second-order valence-corrected chi connectivity index (χ2v) is 10.6. The molecule has 1 heterocycles. The second-order valence-electron chi connectivity index (χ2n) is 6.53. The van der Waals surface area contributed by atoms with E-state index in [-0.39, 0.29) is 29.4 Å².